The van der Waals surface area contributed by atoms with Gasteiger partial charge in [-0.3, -0.25) is 9.59 Å². The molecule has 7 nitrogen and oxygen atoms in total. The lowest BCUT2D eigenvalue weighted by Crippen LogP contribution is -2.52. The van der Waals surface area contributed by atoms with Gasteiger partial charge in [0.15, 0.2) is 23.0 Å². The molecule has 0 atom stereocenters. The maximum Gasteiger partial charge on any atom is 0.289 e. The van der Waals surface area contributed by atoms with E-state index in [0.29, 0.717) is 54.5 Å². The highest BCUT2D eigenvalue weighted by Crippen LogP contribution is 2.47. The number of likely N-dealkylation sites (tertiary alicyclic amines) is 1. The van der Waals surface area contributed by atoms with Crippen LogP contribution in [0.4, 0.5) is 0 Å². The molecule has 0 unspecified atom stereocenters. The molecular formula is C20H21NO6. The van der Waals surface area contributed by atoms with Gasteiger partial charge in [0.2, 0.25) is 5.75 Å². The molecule has 0 radical (unpaired) electrons. The van der Waals surface area contributed by atoms with Crippen LogP contribution in [-0.2, 0) is 0 Å². The summed E-state index contributed by atoms with van der Waals surface area (Å²) in [6, 6.07) is 6.77. The molecule has 4 rings (SSSR count). The number of nitrogens with zero attached hydrogens (tertiary/aromatic N) is 1. The molecule has 0 saturated carbocycles. The Bertz CT molecular complexity index is 865. The normalized spacial score (nSPS) is 18.0. The second-order valence-corrected chi connectivity index (χ2v) is 6.83. The van der Waals surface area contributed by atoms with Crippen LogP contribution in [0.25, 0.3) is 0 Å². The number of rotatable bonds is 3. The summed E-state index contributed by atoms with van der Waals surface area (Å²) < 4.78 is 22.3. The quantitative estimate of drug-likeness (QED) is 0.826. The summed E-state index contributed by atoms with van der Waals surface area (Å²) in [7, 11) is 3.07. The number of hydrogen-bond acceptors (Lipinski definition) is 6. The zero-order chi connectivity index (χ0) is 19.0. The SMILES string of the molecule is COc1ccc2c(c1OC)OC1(CCN(C(=O)c3ccco3)CC1)CC2=O. The van der Waals surface area contributed by atoms with Crippen LogP contribution in [0.3, 0.4) is 0 Å². The predicted molar refractivity (Wildman–Crippen MR) is 95.7 cm³/mol. The molecule has 27 heavy (non-hydrogen) atoms. The van der Waals surface area contributed by atoms with Gasteiger partial charge in [0.1, 0.15) is 5.60 Å². The van der Waals surface area contributed by atoms with Crippen LogP contribution in [0.15, 0.2) is 34.9 Å². The van der Waals surface area contributed by atoms with Crippen molar-refractivity contribution in [1.82, 2.24) is 4.90 Å². The number of hydrogen-bond donors (Lipinski definition) is 0. The molecule has 7 heteroatoms. The first-order valence-corrected chi connectivity index (χ1v) is 8.87. The summed E-state index contributed by atoms with van der Waals surface area (Å²) in [6.07, 6.45) is 2.90. The Kier molecular flexibility index (Phi) is 4.30. The number of amides is 1. The fourth-order valence-corrected chi connectivity index (χ4v) is 3.81. The van der Waals surface area contributed by atoms with E-state index in [0.717, 1.165) is 0 Å². The first-order chi connectivity index (χ1) is 13.1. The Hall–Kier alpha value is -2.96. The van der Waals surface area contributed by atoms with Crippen molar-refractivity contribution in [3.63, 3.8) is 0 Å². The van der Waals surface area contributed by atoms with Crippen LogP contribution in [0.1, 0.15) is 40.2 Å². The number of ketones is 1. The third kappa shape index (κ3) is 2.93. The minimum atomic E-state index is -0.635. The van der Waals surface area contributed by atoms with E-state index in [4.69, 9.17) is 18.6 Å². The molecule has 0 bridgehead atoms. The number of carbonyl (C=O) groups excluding carboxylic acids is 2. The maximum absolute atomic E-state index is 12.8. The van der Waals surface area contributed by atoms with Crippen LogP contribution in [0.5, 0.6) is 17.2 Å². The molecule has 2 aliphatic heterocycles. The Labute approximate surface area is 156 Å². The Morgan fingerprint density at radius 3 is 2.56 bits per heavy atom. The standard InChI is InChI=1S/C20H21NO6/c1-24-15-6-5-13-14(22)12-20(27-17(13)18(15)25-2)7-9-21(10-8-20)19(23)16-4-3-11-26-16/h3-6,11H,7-10,12H2,1-2H3. The highest BCUT2D eigenvalue weighted by Gasteiger charge is 2.45. The third-order valence-electron chi connectivity index (χ3n) is 5.30. The summed E-state index contributed by atoms with van der Waals surface area (Å²) in [5, 5.41) is 0. The smallest absolute Gasteiger partial charge is 0.289 e. The summed E-state index contributed by atoms with van der Waals surface area (Å²) in [6.45, 7) is 0.989. The molecule has 1 amide bonds. The minimum Gasteiger partial charge on any atom is -0.493 e. The van der Waals surface area contributed by atoms with Gasteiger partial charge in [-0.05, 0) is 24.3 Å². The molecular weight excluding hydrogens is 350 g/mol. The van der Waals surface area contributed by atoms with E-state index in [-0.39, 0.29) is 18.1 Å². The number of benzene rings is 1. The van der Waals surface area contributed by atoms with Crippen LogP contribution < -0.4 is 14.2 Å². The summed E-state index contributed by atoms with van der Waals surface area (Å²) in [5.41, 5.74) is -0.128. The fraction of sp³-hybridized carbons (Fsp3) is 0.400. The van der Waals surface area contributed by atoms with Crippen LogP contribution in [0.2, 0.25) is 0 Å². The topological polar surface area (TPSA) is 78.2 Å². The lowest BCUT2D eigenvalue weighted by Gasteiger charge is -2.44. The molecule has 1 spiro atoms. The van der Waals surface area contributed by atoms with Gasteiger partial charge in [0.05, 0.1) is 32.5 Å². The van der Waals surface area contributed by atoms with Crippen molar-refractivity contribution in [2.75, 3.05) is 27.3 Å². The zero-order valence-electron chi connectivity index (χ0n) is 15.3. The van der Waals surface area contributed by atoms with Crippen molar-refractivity contribution >= 4 is 11.7 Å². The predicted octanol–water partition coefficient (Wildman–Crippen LogP) is 2.94. The monoisotopic (exact) mass is 371 g/mol. The highest BCUT2D eigenvalue weighted by atomic mass is 16.5. The number of carbonyl (C=O) groups is 2. The first-order valence-electron chi connectivity index (χ1n) is 8.87. The van der Waals surface area contributed by atoms with E-state index in [1.165, 1.54) is 13.4 Å². The summed E-state index contributed by atoms with van der Waals surface area (Å²) in [5.74, 6) is 1.57. The Morgan fingerprint density at radius 2 is 1.93 bits per heavy atom. The van der Waals surface area contributed by atoms with E-state index in [9.17, 15) is 9.59 Å². The molecule has 2 aliphatic rings. The Morgan fingerprint density at radius 1 is 1.15 bits per heavy atom. The van der Waals surface area contributed by atoms with Gasteiger partial charge in [-0.1, -0.05) is 0 Å². The van der Waals surface area contributed by atoms with Crippen molar-refractivity contribution < 1.29 is 28.2 Å². The Balaban J connectivity index is 1.57. The summed E-state index contributed by atoms with van der Waals surface area (Å²) in [4.78, 5) is 27.0. The molecule has 142 valence electrons. The van der Waals surface area contributed by atoms with E-state index >= 15 is 0 Å². The molecule has 1 aromatic heterocycles. The number of Topliss-reactive ketones (excluding diaryl/α,β-unsaturated/α-hetero) is 1. The summed E-state index contributed by atoms with van der Waals surface area (Å²) >= 11 is 0. The van der Waals surface area contributed by atoms with Crippen molar-refractivity contribution in [2.24, 2.45) is 0 Å². The van der Waals surface area contributed by atoms with Gasteiger partial charge < -0.3 is 23.5 Å². The van der Waals surface area contributed by atoms with E-state index in [2.05, 4.69) is 0 Å². The molecule has 2 aromatic rings. The number of piperidine rings is 1. The van der Waals surface area contributed by atoms with E-state index < -0.39 is 5.60 Å². The zero-order valence-corrected chi connectivity index (χ0v) is 15.3. The molecule has 0 aliphatic carbocycles. The average molecular weight is 371 g/mol. The molecule has 1 aromatic carbocycles. The molecule has 1 saturated heterocycles. The van der Waals surface area contributed by atoms with Crippen LogP contribution >= 0.6 is 0 Å². The van der Waals surface area contributed by atoms with Gasteiger partial charge in [-0.2, -0.15) is 0 Å². The molecule has 0 N–H and O–H groups in total. The van der Waals surface area contributed by atoms with Crippen molar-refractivity contribution in [3.05, 3.63) is 41.9 Å². The second-order valence-electron chi connectivity index (χ2n) is 6.83. The van der Waals surface area contributed by atoms with Crippen LogP contribution in [0, 0.1) is 0 Å². The van der Waals surface area contributed by atoms with E-state index in [1.54, 1.807) is 36.3 Å². The lowest BCUT2D eigenvalue weighted by molar-refractivity contribution is -0.00814. The van der Waals surface area contributed by atoms with Crippen molar-refractivity contribution in [3.8, 4) is 17.2 Å². The largest absolute Gasteiger partial charge is 0.493 e. The van der Waals surface area contributed by atoms with Gasteiger partial charge in [0.25, 0.3) is 5.91 Å². The number of ether oxygens (including phenoxy) is 3. The minimum absolute atomic E-state index is 0.0167. The molecule has 3 heterocycles. The average Bonchev–Trinajstić information content (AvgIpc) is 3.22. The van der Waals surface area contributed by atoms with Gasteiger partial charge in [-0.15, -0.1) is 0 Å². The van der Waals surface area contributed by atoms with Crippen molar-refractivity contribution in [1.29, 1.82) is 0 Å². The van der Waals surface area contributed by atoms with E-state index in [1.807, 2.05) is 0 Å². The maximum atomic E-state index is 12.8. The molecule has 1 fully saturated rings. The van der Waals surface area contributed by atoms with Gasteiger partial charge in [-0.25, -0.2) is 0 Å². The van der Waals surface area contributed by atoms with Crippen LogP contribution in [-0.4, -0.2) is 49.5 Å². The van der Waals surface area contributed by atoms with Crippen molar-refractivity contribution in [2.45, 2.75) is 24.9 Å². The second kappa shape index (κ2) is 6.64. The lowest BCUT2D eigenvalue weighted by atomic mass is 9.82. The number of fused-ring (bicyclic) bond motifs is 1. The fourth-order valence-electron chi connectivity index (χ4n) is 3.81. The van der Waals surface area contributed by atoms with Gasteiger partial charge in [0, 0.05) is 25.9 Å². The highest BCUT2D eigenvalue weighted by molar-refractivity contribution is 6.01. The number of furan rings is 1. The third-order valence-corrected chi connectivity index (χ3v) is 5.30. The number of methoxy groups -OCH3 is 2. The van der Waals surface area contributed by atoms with Gasteiger partial charge >= 0.3 is 0 Å². The first kappa shape index (κ1) is 17.5.